The number of carboxylic acids is 3. The lowest BCUT2D eigenvalue weighted by molar-refractivity contribution is -0.140. The fourth-order valence-electron chi connectivity index (χ4n) is 3.80. The molecule has 2 aromatic carbocycles. The van der Waals surface area contributed by atoms with Crippen molar-refractivity contribution in [2.45, 2.75) is 44.2 Å². The molecule has 0 bridgehead atoms. The summed E-state index contributed by atoms with van der Waals surface area (Å²) < 4.78 is 13.9. The summed E-state index contributed by atoms with van der Waals surface area (Å²) in [4.78, 5) is 58.5. The van der Waals surface area contributed by atoms with Gasteiger partial charge in [0.25, 0.3) is 5.91 Å². The maximum absolute atomic E-state index is 12.7. The van der Waals surface area contributed by atoms with Crippen LogP contribution in [0.15, 0.2) is 54.7 Å². The SMILES string of the molecule is O=C(O)CCC(NC(=O)NC(Cc1ccc(NC(=O)c2ccc(-n3cc(CCCF)nn3)cc2)cc1)C(=O)O)C(=O)O. The van der Waals surface area contributed by atoms with Crippen LogP contribution in [0.1, 0.15) is 40.9 Å². The Morgan fingerprint density at radius 2 is 1.52 bits per heavy atom. The van der Waals surface area contributed by atoms with Gasteiger partial charge in [0, 0.05) is 24.1 Å². The van der Waals surface area contributed by atoms with E-state index in [-0.39, 0.29) is 12.8 Å². The zero-order valence-electron chi connectivity index (χ0n) is 22.2. The maximum Gasteiger partial charge on any atom is 0.326 e. The van der Waals surface area contributed by atoms with Gasteiger partial charge in [-0.25, -0.2) is 19.1 Å². The van der Waals surface area contributed by atoms with Crippen LogP contribution in [-0.4, -0.2) is 78.9 Å². The Morgan fingerprint density at radius 1 is 0.881 bits per heavy atom. The first-order valence-electron chi connectivity index (χ1n) is 12.8. The van der Waals surface area contributed by atoms with Crippen molar-refractivity contribution in [1.29, 1.82) is 0 Å². The molecule has 1 aromatic heterocycles. The Morgan fingerprint density at radius 3 is 2.12 bits per heavy atom. The Labute approximate surface area is 238 Å². The molecule has 0 aliphatic heterocycles. The molecule has 2 atom stereocenters. The summed E-state index contributed by atoms with van der Waals surface area (Å²) in [6, 6.07) is 8.82. The van der Waals surface area contributed by atoms with E-state index in [4.69, 9.17) is 10.2 Å². The summed E-state index contributed by atoms with van der Waals surface area (Å²) in [6.45, 7) is -0.437. The molecule has 0 aliphatic carbocycles. The second-order valence-electron chi connectivity index (χ2n) is 9.18. The lowest BCUT2D eigenvalue weighted by atomic mass is 10.1. The molecule has 3 aromatic rings. The third kappa shape index (κ3) is 9.39. The van der Waals surface area contributed by atoms with E-state index in [1.807, 2.05) is 0 Å². The number of halogens is 1. The second kappa shape index (κ2) is 14.9. The zero-order valence-corrected chi connectivity index (χ0v) is 22.2. The number of aromatic nitrogens is 3. The van der Waals surface area contributed by atoms with Crippen molar-refractivity contribution in [3.05, 3.63) is 71.5 Å². The Kier molecular flexibility index (Phi) is 11.0. The minimum Gasteiger partial charge on any atom is -0.481 e. The minimum atomic E-state index is -1.51. The van der Waals surface area contributed by atoms with E-state index in [9.17, 15) is 33.5 Å². The number of nitrogens with zero attached hydrogens (tertiary/aromatic N) is 3. The van der Waals surface area contributed by atoms with Crippen molar-refractivity contribution in [2.24, 2.45) is 0 Å². The number of nitrogens with one attached hydrogen (secondary N) is 3. The number of hydrogen-bond acceptors (Lipinski definition) is 7. The third-order valence-electron chi connectivity index (χ3n) is 6.01. The van der Waals surface area contributed by atoms with Crippen molar-refractivity contribution in [1.82, 2.24) is 25.6 Å². The van der Waals surface area contributed by atoms with E-state index >= 15 is 0 Å². The first-order valence-corrected chi connectivity index (χ1v) is 12.8. The molecule has 222 valence electrons. The van der Waals surface area contributed by atoms with Gasteiger partial charge in [0.2, 0.25) is 0 Å². The van der Waals surface area contributed by atoms with Gasteiger partial charge in [0.15, 0.2) is 0 Å². The third-order valence-corrected chi connectivity index (χ3v) is 6.01. The van der Waals surface area contributed by atoms with Gasteiger partial charge < -0.3 is 31.3 Å². The fraction of sp³-hybridized carbons (Fsp3) is 0.296. The highest BCUT2D eigenvalue weighted by Crippen LogP contribution is 2.15. The second-order valence-corrected chi connectivity index (χ2v) is 9.18. The number of alkyl halides is 1. The maximum atomic E-state index is 12.7. The van der Waals surface area contributed by atoms with Crippen LogP contribution in [0.4, 0.5) is 14.9 Å². The Hall–Kier alpha value is -5.34. The monoisotopic (exact) mass is 584 g/mol. The lowest BCUT2D eigenvalue weighted by Crippen LogP contribution is -2.51. The summed E-state index contributed by atoms with van der Waals surface area (Å²) in [5.41, 5.74) is 2.63. The number of urea groups is 1. The van der Waals surface area contributed by atoms with Crippen molar-refractivity contribution in [2.75, 3.05) is 12.0 Å². The summed E-state index contributed by atoms with van der Waals surface area (Å²) in [7, 11) is 0. The summed E-state index contributed by atoms with van der Waals surface area (Å²) in [5.74, 6) is -4.46. The van der Waals surface area contributed by atoms with E-state index in [1.165, 1.54) is 4.68 Å². The van der Waals surface area contributed by atoms with Gasteiger partial charge in [0.05, 0.1) is 24.3 Å². The molecule has 3 amide bonds. The standard InChI is InChI=1S/C27H29FN6O8/c28-13-1-2-19-15-34(33-32-19)20-9-5-17(6-10-20)24(37)29-18-7-3-16(4-8-18)14-22(26(40)41)31-27(42)30-21(25(38)39)11-12-23(35)36/h3-10,15,21-22H,1-2,11-14H2,(H,29,37)(H,35,36)(H,38,39)(H,40,41)(H2,30,31,42). The normalized spacial score (nSPS) is 12.1. The van der Waals surface area contributed by atoms with Crippen molar-refractivity contribution in [3.8, 4) is 5.69 Å². The van der Waals surface area contributed by atoms with Gasteiger partial charge in [-0.15, -0.1) is 5.10 Å². The number of hydrogen-bond donors (Lipinski definition) is 6. The minimum absolute atomic E-state index is 0.150. The first kappa shape index (κ1) is 31.2. The Balaban J connectivity index is 1.55. The van der Waals surface area contributed by atoms with Crippen LogP contribution >= 0.6 is 0 Å². The van der Waals surface area contributed by atoms with Crippen LogP contribution < -0.4 is 16.0 Å². The molecule has 0 saturated carbocycles. The van der Waals surface area contributed by atoms with Crippen molar-refractivity contribution in [3.63, 3.8) is 0 Å². The van der Waals surface area contributed by atoms with Crippen LogP contribution in [-0.2, 0) is 27.2 Å². The molecule has 42 heavy (non-hydrogen) atoms. The number of carbonyl (C=O) groups is 5. The van der Waals surface area contributed by atoms with E-state index < -0.39 is 55.0 Å². The molecule has 14 nitrogen and oxygen atoms in total. The molecule has 0 spiro atoms. The molecule has 3 rings (SSSR count). The van der Waals surface area contributed by atoms with Crippen molar-refractivity contribution < 1.29 is 43.7 Å². The summed E-state index contributed by atoms with van der Waals surface area (Å²) >= 11 is 0. The number of rotatable bonds is 15. The number of carboxylic acid groups (broad SMARTS) is 3. The van der Waals surface area contributed by atoms with Crippen LogP contribution in [0.2, 0.25) is 0 Å². The molecule has 0 fully saturated rings. The average molecular weight is 585 g/mol. The predicted octanol–water partition coefficient (Wildman–Crippen LogP) is 2.03. The van der Waals surface area contributed by atoms with Crippen LogP contribution in [0.25, 0.3) is 5.69 Å². The highest BCUT2D eigenvalue weighted by atomic mass is 19.1. The number of benzene rings is 2. The van der Waals surface area contributed by atoms with E-state index in [0.29, 0.717) is 41.0 Å². The lowest BCUT2D eigenvalue weighted by Gasteiger charge is -2.18. The predicted molar refractivity (Wildman–Crippen MR) is 145 cm³/mol. The number of aliphatic carboxylic acids is 3. The summed E-state index contributed by atoms with van der Waals surface area (Å²) in [6.07, 6.45) is 1.50. The van der Waals surface area contributed by atoms with Gasteiger partial charge >= 0.3 is 23.9 Å². The van der Waals surface area contributed by atoms with E-state index in [2.05, 4.69) is 26.3 Å². The van der Waals surface area contributed by atoms with Gasteiger partial charge in [0.1, 0.15) is 12.1 Å². The van der Waals surface area contributed by atoms with Crippen molar-refractivity contribution >= 4 is 35.5 Å². The number of amides is 3. The molecule has 0 radical (unpaired) electrons. The smallest absolute Gasteiger partial charge is 0.326 e. The van der Waals surface area contributed by atoms with E-state index in [1.54, 1.807) is 54.7 Å². The van der Waals surface area contributed by atoms with Gasteiger partial charge in [-0.05, 0) is 61.2 Å². The topological polar surface area (TPSA) is 213 Å². The molecular formula is C27H29FN6O8. The molecular weight excluding hydrogens is 555 g/mol. The molecule has 0 aliphatic rings. The van der Waals surface area contributed by atoms with Gasteiger partial charge in [-0.2, -0.15) is 0 Å². The highest BCUT2D eigenvalue weighted by molar-refractivity contribution is 6.04. The molecule has 15 heteroatoms. The first-order chi connectivity index (χ1) is 20.0. The summed E-state index contributed by atoms with van der Waals surface area (Å²) in [5, 5.41) is 42.4. The fourth-order valence-corrected chi connectivity index (χ4v) is 3.80. The largest absolute Gasteiger partial charge is 0.481 e. The number of aryl methyl sites for hydroxylation is 1. The number of anilines is 1. The van der Waals surface area contributed by atoms with Gasteiger partial charge in [-0.3, -0.25) is 14.0 Å². The molecule has 2 unspecified atom stereocenters. The van der Waals surface area contributed by atoms with Crippen LogP contribution in [0.3, 0.4) is 0 Å². The Bertz CT molecular complexity index is 1410. The molecule has 0 saturated heterocycles. The van der Waals surface area contributed by atoms with Crippen LogP contribution in [0, 0.1) is 0 Å². The van der Waals surface area contributed by atoms with Crippen LogP contribution in [0.5, 0.6) is 0 Å². The quantitative estimate of drug-likeness (QED) is 0.153. The van der Waals surface area contributed by atoms with E-state index in [0.717, 1.165) is 0 Å². The highest BCUT2D eigenvalue weighted by Gasteiger charge is 2.25. The average Bonchev–Trinajstić information content (AvgIpc) is 3.43. The van der Waals surface area contributed by atoms with Gasteiger partial charge in [-0.1, -0.05) is 17.3 Å². The molecule has 6 N–H and O–H groups in total. The number of carbonyl (C=O) groups excluding carboxylic acids is 2. The zero-order chi connectivity index (χ0) is 30.6. The molecule has 1 heterocycles.